The van der Waals surface area contributed by atoms with E-state index in [1.165, 1.54) is 12.3 Å². The van der Waals surface area contributed by atoms with Gasteiger partial charge in [-0.1, -0.05) is 0 Å². The van der Waals surface area contributed by atoms with Crippen molar-refractivity contribution < 1.29 is 17.6 Å². The Labute approximate surface area is 112 Å². The number of nitrogen functional groups attached to an aromatic ring is 1. The van der Waals surface area contributed by atoms with E-state index in [1.807, 2.05) is 0 Å². The van der Waals surface area contributed by atoms with E-state index in [1.54, 1.807) is 0 Å². The third-order valence-electron chi connectivity index (χ3n) is 2.08. The Morgan fingerprint density at radius 3 is 1.90 bits per heavy atom. The van der Waals surface area contributed by atoms with Gasteiger partial charge in [0.1, 0.15) is 23.3 Å². The number of hydrogen-bond donors (Lipinski definition) is 2. The zero-order valence-corrected chi connectivity index (χ0v) is 10.0. The van der Waals surface area contributed by atoms with Crippen molar-refractivity contribution in [3.63, 3.8) is 0 Å². The highest BCUT2D eigenvalue weighted by molar-refractivity contribution is 5.47. The van der Waals surface area contributed by atoms with Crippen LogP contribution >= 0.6 is 0 Å². The molecule has 2 aromatic carbocycles. The first-order valence-corrected chi connectivity index (χ1v) is 5.24. The molecule has 0 fully saturated rings. The molecule has 20 heavy (non-hydrogen) atoms. The Kier molecular flexibility index (Phi) is 5.35. The zero-order chi connectivity index (χ0) is 15.1. The summed E-state index contributed by atoms with van der Waals surface area (Å²) in [5.41, 5.74) is 5.00. The predicted octanol–water partition coefficient (Wildman–Crippen LogP) is 3.40. The van der Waals surface area contributed by atoms with Crippen LogP contribution in [0.2, 0.25) is 0 Å². The molecular formula is C13H9F4N3. The largest absolute Gasteiger partial charge is 0.396 e. The van der Waals surface area contributed by atoms with Crippen LogP contribution in [-0.4, -0.2) is 0 Å². The van der Waals surface area contributed by atoms with Gasteiger partial charge in [0.25, 0.3) is 0 Å². The highest BCUT2D eigenvalue weighted by Crippen LogP contribution is 2.13. The fraction of sp³-hybridized carbons (Fsp3) is 0. The van der Waals surface area contributed by atoms with Crippen LogP contribution in [0, 0.1) is 34.7 Å². The van der Waals surface area contributed by atoms with E-state index in [4.69, 9.17) is 11.0 Å². The summed E-state index contributed by atoms with van der Waals surface area (Å²) in [7, 11) is 0. The molecule has 0 saturated carbocycles. The van der Waals surface area contributed by atoms with E-state index >= 15 is 0 Å². The van der Waals surface area contributed by atoms with E-state index in [0.717, 1.165) is 24.3 Å². The molecule has 104 valence electrons. The van der Waals surface area contributed by atoms with Crippen molar-refractivity contribution >= 4 is 11.4 Å². The summed E-state index contributed by atoms with van der Waals surface area (Å²) in [6.07, 6.45) is 1.53. The number of halogens is 4. The lowest BCUT2D eigenvalue weighted by atomic mass is 10.3. The minimum atomic E-state index is -0.772. The van der Waals surface area contributed by atoms with Gasteiger partial charge in [0.05, 0.1) is 11.4 Å². The Balaban J connectivity index is 0.000000204. The lowest BCUT2D eigenvalue weighted by Crippen LogP contribution is -1.91. The monoisotopic (exact) mass is 283 g/mol. The molecule has 3 N–H and O–H groups in total. The molecule has 0 atom stereocenters. The molecule has 0 spiro atoms. The van der Waals surface area contributed by atoms with E-state index < -0.39 is 23.3 Å². The van der Waals surface area contributed by atoms with Gasteiger partial charge >= 0.3 is 0 Å². The Morgan fingerprint density at radius 1 is 0.900 bits per heavy atom. The smallest absolute Gasteiger partial charge is 0.181 e. The first-order chi connectivity index (χ1) is 9.43. The van der Waals surface area contributed by atoms with Crippen LogP contribution < -0.4 is 11.1 Å². The Bertz CT molecular complexity index is 638. The minimum absolute atomic E-state index is 0.0195. The van der Waals surface area contributed by atoms with Crippen LogP contribution in [0.4, 0.5) is 28.9 Å². The number of benzene rings is 2. The van der Waals surface area contributed by atoms with Crippen molar-refractivity contribution in [3.8, 4) is 6.19 Å². The van der Waals surface area contributed by atoms with Gasteiger partial charge in [0.15, 0.2) is 6.19 Å². The summed E-state index contributed by atoms with van der Waals surface area (Å²) in [4.78, 5) is 0. The molecule has 0 amide bonds. The number of rotatable bonds is 1. The fourth-order valence-electron chi connectivity index (χ4n) is 1.15. The topological polar surface area (TPSA) is 61.8 Å². The van der Waals surface area contributed by atoms with Crippen molar-refractivity contribution in [3.05, 3.63) is 59.7 Å². The molecular weight excluding hydrogens is 274 g/mol. The van der Waals surface area contributed by atoms with Gasteiger partial charge in [-0.05, 0) is 24.3 Å². The van der Waals surface area contributed by atoms with E-state index in [2.05, 4.69) is 5.32 Å². The second kappa shape index (κ2) is 6.99. The first-order valence-electron chi connectivity index (χ1n) is 5.24. The molecule has 2 aromatic rings. The van der Waals surface area contributed by atoms with Gasteiger partial charge < -0.3 is 5.73 Å². The van der Waals surface area contributed by atoms with Crippen LogP contribution in [-0.2, 0) is 0 Å². The van der Waals surface area contributed by atoms with Crippen LogP contribution in [0.15, 0.2) is 36.4 Å². The molecule has 0 aromatic heterocycles. The van der Waals surface area contributed by atoms with Crippen LogP contribution in [0.1, 0.15) is 0 Å². The Morgan fingerprint density at radius 2 is 1.45 bits per heavy atom. The molecule has 7 heteroatoms. The molecule has 3 nitrogen and oxygen atoms in total. The van der Waals surface area contributed by atoms with E-state index in [-0.39, 0.29) is 11.4 Å². The van der Waals surface area contributed by atoms with Crippen molar-refractivity contribution in [2.75, 3.05) is 11.1 Å². The van der Waals surface area contributed by atoms with Gasteiger partial charge in [0, 0.05) is 12.1 Å². The molecule has 0 aliphatic carbocycles. The summed E-state index contributed by atoms with van der Waals surface area (Å²) < 4.78 is 49.1. The number of hydrogen-bond acceptors (Lipinski definition) is 3. The number of nitrogens with one attached hydrogen (secondary N) is 1. The van der Waals surface area contributed by atoms with Crippen molar-refractivity contribution in [2.24, 2.45) is 0 Å². The van der Waals surface area contributed by atoms with Crippen LogP contribution in [0.25, 0.3) is 0 Å². The van der Waals surface area contributed by atoms with E-state index in [9.17, 15) is 17.6 Å². The maximum Gasteiger partial charge on any atom is 0.181 e. The summed E-state index contributed by atoms with van der Waals surface area (Å²) in [6, 6.07) is 5.98. The molecule has 2 rings (SSSR count). The maximum absolute atomic E-state index is 12.6. The van der Waals surface area contributed by atoms with Crippen molar-refractivity contribution in [2.45, 2.75) is 0 Å². The number of nitrogens with zero attached hydrogens (tertiary/aromatic N) is 1. The van der Waals surface area contributed by atoms with Crippen LogP contribution in [0.5, 0.6) is 0 Å². The van der Waals surface area contributed by atoms with Crippen molar-refractivity contribution in [1.29, 1.82) is 5.26 Å². The van der Waals surface area contributed by atoms with E-state index in [0.29, 0.717) is 6.07 Å². The average molecular weight is 283 g/mol. The number of anilines is 2. The van der Waals surface area contributed by atoms with Crippen LogP contribution in [0.3, 0.4) is 0 Å². The average Bonchev–Trinajstić information content (AvgIpc) is 2.39. The van der Waals surface area contributed by atoms with Gasteiger partial charge in [-0.2, -0.15) is 5.26 Å². The summed E-state index contributed by atoms with van der Waals surface area (Å²) in [6.45, 7) is 0. The second-order valence-electron chi connectivity index (χ2n) is 3.53. The molecule has 0 aliphatic rings. The standard InChI is InChI=1S/C7H4F2N2.C6H5F2N/c8-5-1-2-7(11-4-10)6(9)3-5;7-4-1-2-6(9)5(8)3-4/h1-3,11H;1-3H,9H2. The highest BCUT2D eigenvalue weighted by atomic mass is 19.1. The van der Waals surface area contributed by atoms with Gasteiger partial charge in [-0.25, -0.2) is 17.6 Å². The number of nitrogens with two attached hydrogens (primary N) is 1. The minimum Gasteiger partial charge on any atom is -0.396 e. The highest BCUT2D eigenvalue weighted by Gasteiger charge is 2.01. The maximum atomic E-state index is 12.6. The molecule has 0 bridgehead atoms. The SMILES string of the molecule is N#CNc1ccc(F)cc1F.Nc1ccc(F)cc1F. The lowest BCUT2D eigenvalue weighted by molar-refractivity contribution is 0.585. The third-order valence-corrected chi connectivity index (χ3v) is 2.08. The molecule has 0 radical (unpaired) electrons. The summed E-state index contributed by atoms with van der Waals surface area (Å²) in [5, 5.41) is 10.2. The summed E-state index contributed by atoms with van der Waals surface area (Å²) in [5.74, 6) is -2.76. The second-order valence-corrected chi connectivity index (χ2v) is 3.53. The zero-order valence-electron chi connectivity index (χ0n) is 10.0. The quantitative estimate of drug-likeness (QED) is 0.365. The molecule has 0 heterocycles. The molecule has 0 aliphatic heterocycles. The normalized spacial score (nSPS) is 9.15. The fourth-order valence-corrected chi connectivity index (χ4v) is 1.15. The van der Waals surface area contributed by atoms with Gasteiger partial charge in [-0.3, -0.25) is 5.32 Å². The third kappa shape index (κ3) is 4.49. The van der Waals surface area contributed by atoms with Crippen molar-refractivity contribution in [1.82, 2.24) is 0 Å². The van der Waals surface area contributed by atoms with Gasteiger partial charge in [0.2, 0.25) is 0 Å². The molecule has 0 unspecified atom stereocenters. The predicted molar refractivity (Wildman–Crippen MR) is 66.4 cm³/mol. The Hall–Kier alpha value is -2.75. The first kappa shape index (κ1) is 15.3. The number of nitriles is 1. The van der Waals surface area contributed by atoms with Gasteiger partial charge in [-0.15, -0.1) is 0 Å². The molecule has 0 saturated heterocycles. The summed E-state index contributed by atoms with van der Waals surface area (Å²) >= 11 is 0. The lowest BCUT2D eigenvalue weighted by Gasteiger charge is -1.97.